The molecular formula is C29H29N5. The van der Waals surface area contributed by atoms with Crippen LogP contribution in [-0.2, 0) is 0 Å². The van der Waals surface area contributed by atoms with Gasteiger partial charge in [-0.05, 0) is 57.0 Å². The molecule has 0 saturated carbocycles. The monoisotopic (exact) mass is 447 g/mol. The molecule has 170 valence electrons. The average molecular weight is 448 g/mol. The third kappa shape index (κ3) is 3.26. The van der Waals surface area contributed by atoms with Gasteiger partial charge in [0.25, 0.3) is 0 Å². The van der Waals surface area contributed by atoms with E-state index in [4.69, 9.17) is 10.1 Å². The summed E-state index contributed by atoms with van der Waals surface area (Å²) in [6, 6.07) is 26.4. The lowest BCUT2D eigenvalue weighted by molar-refractivity contribution is 0.208. The minimum Gasteiger partial charge on any atom is -0.371 e. The highest BCUT2D eigenvalue weighted by molar-refractivity contribution is 6.04. The summed E-state index contributed by atoms with van der Waals surface area (Å²) >= 11 is 0. The molecule has 7 rings (SSSR count). The molecule has 2 aliphatic rings. The molecule has 2 saturated heterocycles. The number of fused-ring (bicyclic) bond motifs is 5. The summed E-state index contributed by atoms with van der Waals surface area (Å²) in [5.74, 6) is 0. The highest BCUT2D eigenvalue weighted by Gasteiger charge is 2.26. The maximum absolute atomic E-state index is 5.14. The fourth-order valence-corrected chi connectivity index (χ4v) is 5.97. The Balaban J connectivity index is 1.31. The molecule has 0 amide bonds. The van der Waals surface area contributed by atoms with Gasteiger partial charge in [0.2, 0.25) is 0 Å². The molecule has 2 fully saturated rings. The number of imidazole rings is 1. The maximum atomic E-state index is 5.14. The van der Waals surface area contributed by atoms with E-state index in [0.717, 1.165) is 57.8 Å². The van der Waals surface area contributed by atoms with E-state index in [1.165, 1.54) is 44.5 Å². The minimum atomic E-state index is 0.764. The molecule has 0 bridgehead atoms. The SMILES string of the molecule is c1ccc(-c2nn3c4cc(N5CCC(N6CCCC6)CC5)ccc4nc3c3ccccc23)cc1. The number of nitrogens with zero attached hydrogens (tertiary/aromatic N) is 5. The molecule has 5 heteroatoms. The summed E-state index contributed by atoms with van der Waals surface area (Å²) in [5.41, 5.74) is 6.42. The zero-order valence-electron chi connectivity index (χ0n) is 19.4. The van der Waals surface area contributed by atoms with Crippen LogP contribution in [0.2, 0.25) is 0 Å². The van der Waals surface area contributed by atoms with Crippen LogP contribution in [0, 0.1) is 0 Å². The predicted molar refractivity (Wildman–Crippen MR) is 139 cm³/mol. The van der Waals surface area contributed by atoms with Crippen molar-refractivity contribution in [1.29, 1.82) is 0 Å². The van der Waals surface area contributed by atoms with E-state index in [1.54, 1.807) is 0 Å². The van der Waals surface area contributed by atoms with Crippen molar-refractivity contribution in [2.45, 2.75) is 31.7 Å². The van der Waals surface area contributed by atoms with Gasteiger partial charge in [-0.3, -0.25) is 0 Å². The van der Waals surface area contributed by atoms with Crippen LogP contribution >= 0.6 is 0 Å². The third-order valence-corrected chi connectivity index (χ3v) is 7.77. The van der Waals surface area contributed by atoms with Gasteiger partial charge in [-0.2, -0.15) is 5.10 Å². The van der Waals surface area contributed by atoms with Gasteiger partial charge < -0.3 is 9.80 Å². The lowest BCUT2D eigenvalue weighted by Gasteiger charge is -2.37. The van der Waals surface area contributed by atoms with E-state index < -0.39 is 0 Å². The number of hydrogen-bond donors (Lipinski definition) is 0. The summed E-state index contributed by atoms with van der Waals surface area (Å²) in [5, 5.41) is 7.42. The lowest BCUT2D eigenvalue weighted by atomic mass is 10.0. The van der Waals surface area contributed by atoms with Crippen molar-refractivity contribution in [3.8, 4) is 11.3 Å². The van der Waals surface area contributed by atoms with Crippen LogP contribution in [0.4, 0.5) is 5.69 Å². The molecule has 0 radical (unpaired) electrons. The number of anilines is 1. The van der Waals surface area contributed by atoms with Gasteiger partial charge in [0.15, 0.2) is 5.65 Å². The van der Waals surface area contributed by atoms with Gasteiger partial charge in [-0.15, -0.1) is 0 Å². The first-order chi connectivity index (χ1) is 16.8. The van der Waals surface area contributed by atoms with E-state index in [9.17, 15) is 0 Å². The topological polar surface area (TPSA) is 36.7 Å². The molecule has 0 unspecified atom stereocenters. The van der Waals surface area contributed by atoms with Crippen molar-refractivity contribution < 1.29 is 0 Å². The van der Waals surface area contributed by atoms with Crippen molar-refractivity contribution in [1.82, 2.24) is 19.5 Å². The fraction of sp³-hybridized carbons (Fsp3) is 0.310. The Morgan fingerprint density at radius 1 is 0.735 bits per heavy atom. The molecule has 5 aromatic rings. The van der Waals surface area contributed by atoms with Gasteiger partial charge in [-0.1, -0.05) is 54.6 Å². The Morgan fingerprint density at radius 2 is 1.47 bits per heavy atom. The van der Waals surface area contributed by atoms with Crippen molar-refractivity contribution in [2.75, 3.05) is 31.1 Å². The number of piperidine rings is 1. The second-order valence-electron chi connectivity index (χ2n) is 9.74. The van der Waals surface area contributed by atoms with Crippen LogP contribution < -0.4 is 4.90 Å². The van der Waals surface area contributed by atoms with E-state index in [1.807, 2.05) is 0 Å². The third-order valence-electron chi connectivity index (χ3n) is 7.77. The normalized spacial score (nSPS) is 17.9. The zero-order valence-corrected chi connectivity index (χ0v) is 19.4. The number of aromatic nitrogens is 3. The number of hydrogen-bond acceptors (Lipinski definition) is 4. The van der Waals surface area contributed by atoms with E-state index in [2.05, 4.69) is 87.1 Å². The summed E-state index contributed by atoms with van der Waals surface area (Å²) < 4.78 is 2.06. The van der Waals surface area contributed by atoms with Gasteiger partial charge in [0.1, 0.15) is 0 Å². The van der Waals surface area contributed by atoms with Crippen LogP contribution in [0.3, 0.4) is 0 Å². The Labute approximate surface area is 199 Å². The first-order valence-electron chi connectivity index (χ1n) is 12.6. The molecule has 0 aliphatic carbocycles. The van der Waals surface area contributed by atoms with Crippen molar-refractivity contribution in [3.05, 3.63) is 72.8 Å². The van der Waals surface area contributed by atoms with Crippen molar-refractivity contribution in [2.24, 2.45) is 0 Å². The molecule has 5 nitrogen and oxygen atoms in total. The van der Waals surface area contributed by atoms with E-state index >= 15 is 0 Å². The first-order valence-corrected chi connectivity index (χ1v) is 12.6. The average Bonchev–Trinajstić information content (AvgIpc) is 3.57. The molecule has 0 atom stereocenters. The molecule has 3 aromatic carbocycles. The minimum absolute atomic E-state index is 0.764. The summed E-state index contributed by atoms with van der Waals surface area (Å²) in [6.07, 6.45) is 5.26. The van der Waals surface area contributed by atoms with Crippen LogP contribution in [0.25, 0.3) is 38.7 Å². The Bertz CT molecular complexity index is 1470. The molecule has 0 spiro atoms. The fourth-order valence-electron chi connectivity index (χ4n) is 5.97. The second-order valence-corrected chi connectivity index (χ2v) is 9.74. The first kappa shape index (κ1) is 20.0. The smallest absolute Gasteiger partial charge is 0.162 e. The number of rotatable bonds is 3. The van der Waals surface area contributed by atoms with Crippen LogP contribution in [-0.4, -0.2) is 51.7 Å². The Kier molecular flexibility index (Phi) is 4.76. The largest absolute Gasteiger partial charge is 0.371 e. The van der Waals surface area contributed by atoms with Gasteiger partial charge in [-0.25, -0.2) is 9.50 Å². The van der Waals surface area contributed by atoms with Gasteiger partial charge >= 0.3 is 0 Å². The Morgan fingerprint density at radius 3 is 2.26 bits per heavy atom. The van der Waals surface area contributed by atoms with Gasteiger partial charge in [0, 0.05) is 41.2 Å². The van der Waals surface area contributed by atoms with Crippen molar-refractivity contribution >= 4 is 33.1 Å². The van der Waals surface area contributed by atoms with Crippen molar-refractivity contribution in [3.63, 3.8) is 0 Å². The number of likely N-dealkylation sites (tertiary alicyclic amines) is 1. The second kappa shape index (κ2) is 8.10. The highest BCUT2D eigenvalue weighted by Crippen LogP contribution is 2.33. The quantitative estimate of drug-likeness (QED) is 0.352. The predicted octanol–water partition coefficient (Wildman–Crippen LogP) is 5.77. The molecule has 34 heavy (non-hydrogen) atoms. The maximum Gasteiger partial charge on any atom is 0.162 e. The van der Waals surface area contributed by atoms with Crippen LogP contribution in [0.15, 0.2) is 72.8 Å². The molecule has 4 heterocycles. The summed E-state index contributed by atoms with van der Waals surface area (Å²) in [4.78, 5) is 10.3. The lowest BCUT2D eigenvalue weighted by Crippen LogP contribution is -2.43. The summed E-state index contributed by atoms with van der Waals surface area (Å²) in [7, 11) is 0. The van der Waals surface area contributed by atoms with Crippen LogP contribution in [0.5, 0.6) is 0 Å². The van der Waals surface area contributed by atoms with Crippen LogP contribution in [0.1, 0.15) is 25.7 Å². The molecule has 0 N–H and O–H groups in total. The standard InChI is InChI=1S/C29H29N5/c1-2-8-21(9-3-1)28-24-10-4-5-11-25(24)29-30-26-13-12-23(20-27(26)34(29)31-28)33-18-14-22(15-19-33)32-16-6-7-17-32/h1-5,8-13,20,22H,6-7,14-19H2. The summed E-state index contributed by atoms with van der Waals surface area (Å²) in [6.45, 7) is 4.83. The zero-order chi connectivity index (χ0) is 22.5. The number of benzene rings is 3. The molecule has 2 aromatic heterocycles. The van der Waals surface area contributed by atoms with E-state index in [-0.39, 0.29) is 0 Å². The Hall–Kier alpha value is -3.44. The molecular weight excluding hydrogens is 418 g/mol. The van der Waals surface area contributed by atoms with Gasteiger partial charge in [0.05, 0.1) is 16.7 Å². The van der Waals surface area contributed by atoms with E-state index in [0.29, 0.717) is 0 Å². The highest BCUT2D eigenvalue weighted by atomic mass is 15.3. The molecule has 2 aliphatic heterocycles.